The molecular weight excluding hydrogens is 275 g/mol. The Morgan fingerprint density at radius 2 is 2.20 bits per heavy atom. The summed E-state index contributed by atoms with van der Waals surface area (Å²) in [4.78, 5) is 3.96. The molecule has 0 aliphatic carbocycles. The van der Waals surface area contributed by atoms with Crippen LogP contribution >= 0.6 is 0 Å². The molecule has 0 radical (unpaired) electrons. The lowest BCUT2D eigenvalue weighted by Gasteiger charge is -2.15. The maximum atomic E-state index is 12.6. The number of hydrogen-bond donors (Lipinski definition) is 3. The fourth-order valence-corrected chi connectivity index (χ4v) is 1.58. The lowest BCUT2D eigenvalue weighted by molar-refractivity contribution is -0.141. The van der Waals surface area contributed by atoms with Gasteiger partial charge >= 0.3 is 6.18 Å². The van der Waals surface area contributed by atoms with Crippen LogP contribution in [-0.4, -0.2) is 38.4 Å². The highest BCUT2D eigenvalue weighted by molar-refractivity contribution is 5.67. The number of nitrogens with zero attached hydrogens (tertiary/aromatic N) is 3. The topological polar surface area (TPSA) is 88.5 Å². The number of hydrogen-bond acceptors (Lipinski definition) is 5. The molecule has 2 heterocycles. The molecule has 2 aromatic rings. The lowest BCUT2D eigenvalue weighted by Crippen LogP contribution is -2.38. The fourth-order valence-electron chi connectivity index (χ4n) is 1.58. The van der Waals surface area contributed by atoms with Crippen molar-refractivity contribution in [1.82, 2.24) is 14.6 Å². The maximum absolute atomic E-state index is 12.6. The number of aliphatic hydroxyl groups is 1. The van der Waals surface area contributed by atoms with E-state index in [2.05, 4.69) is 15.4 Å². The van der Waals surface area contributed by atoms with E-state index in [1.807, 2.05) is 0 Å². The van der Waals surface area contributed by atoms with Gasteiger partial charge in [-0.3, -0.25) is 0 Å². The smallest absolute Gasteiger partial charge is 0.392 e. The van der Waals surface area contributed by atoms with E-state index < -0.39 is 24.0 Å². The Morgan fingerprint density at radius 3 is 2.80 bits per heavy atom. The van der Waals surface area contributed by atoms with E-state index in [1.165, 1.54) is 19.3 Å². The number of rotatable bonds is 4. The van der Waals surface area contributed by atoms with Gasteiger partial charge in [0.25, 0.3) is 0 Å². The number of halogens is 3. The first-order valence-corrected chi connectivity index (χ1v) is 5.88. The molecule has 0 saturated carbocycles. The zero-order chi connectivity index (χ0) is 14.9. The first-order chi connectivity index (χ1) is 9.29. The molecule has 2 rings (SSSR count). The van der Waals surface area contributed by atoms with Crippen molar-refractivity contribution >= 4 is 11.3 Å². The van der Waals surface area contributed by atoms with Crippen molar-refractivity contribution in [3.05, 3.63) is 24.2 Å². The summed E-state index contributed by atoms with van der Waals surface area (Å²) in [6.45, 7) is 1.71. The van der Waals surface area contributed by atoms with E-state index in [0.29, 0.717) is 0 Å². The molecule has 0 saturated heterocycles. The molecular formula is C11H14F3N5O. The van der Waals surface area contributed by atoms with Crippen LogP contribution < -0.4 is 11.1 Å². The van der Waals surface area contributed by atoms with E-state index >= 15 is 0 Å². The van der Waals surface area contributed by atoms with E-state index in [0.717, 1.165) is 10.6 Å². The molecule has 0 spiro atoms. The summed E-state index contributed by atoms with van der Waals surface area (Å²) in [6.07, 6.45) is -2.60. The van der Waals surface area contributed by atoms with Gasteiger partial charge in [0.05, 0.1) is 6.10 Å². The second-order valence-corrected chi connectivity index (χ2v) is 4.42. The number of anilines is 1. The summed E-state index contributed by atoms with van der Waals surface area (Å²) in [5.41, 5.74) is 4.84. The maximum Gasteiger partial charge on any atom is 0.435 e. The highest BCUT2D eigenvalue weighted by atomic mass is 19.4. The molecule has 2 aromatic heterocycles. The van der Waals surface area contributed by atoms with Crippen molar-refractivity contribution in [1.29, 1.82) is 0 Å². The minimum absolute atomic E-state index is 0.177. The van der Waals surface area contributed by atoms with Crippen molar-refractivity contribution in [3.63, 3.8) is 0 Å². The summed E-state index contributed by atoms with van der Waals surface area (Å²) in [5, 5.41) is 15.5. The van der Waals surface area contributed by atoms with Crippen LogP contribution in [0.2, 0.25) is 0 Å². The monoisotopic (exact) mass is 289 g/mol. The molecule has 2 atom stereocenters. The molecule has 6 nitrogen and oxygen atoms in total. The number of aliphatic hydroxyl groups excluding tert-OH is 1. The van der Waals surface area contributed by atoms with Crippen molar-refractivity contribution < 1.29 is 18.3 Å². The zero-order valence-electron chi connectivity index (χ0n) is 10.6. The molecule has 110 valence electrons. The Kier molecular flexibility index (Phi) is 3.82. The number of nitrogens with one attached hydrogen (secondary N) is 1. The Balaban J connectivity index is 2.28. The van der Waals surface area contributed by atoms with Crippen molar-refractivity contribution in [2.75, 3.05) is 11.9 Å². The Hall–Kier alpha value is -1.87. The lowest BCUT2D eigenvalue weighted by atomic mass is 10.2. The fraction of sp³-hybridized carbons (Fsp3) is 0.455. The highest BCUT2D eigenvalue weighted by Crippen LogP contribution is 2.29. The van der Waals surface area contributed by atoms with E-state index in [1.54, 1.807) is 0 Å². The minimum atomic E-state index is -4.51. The van der Waals surface area contributed by atoms with Crippen LogP contribution in [0.1, 0.15) is 12.6 Å². The summed E-state index contributed by atoms with van der Waals surface area (Å²) in [6, 6.07) is 0.352. The molecule has 0 aliphatic heterocycles. The van der Waals surface area contributed by atoms with Gasteiger partial charge in [0.15, 0.2) is 11.5 Å². The van der Waals surface area contributed by atoms with Crippen LogP contribution in [0.15, 0.2) is 18.5 Å². The van der Waals surface area contributed by atoms with Crippen molar-refractivity contribution in [2.24, 2.45) is 5.73 Å². The molecule has 0 fully saturated rings. The predicted molar refractivity (Wildman–Crippen MR) is 66.1 cm³/mol. The Bertz CT molecular complexity index is 595. The van der Waals surface area contributed by atoms with Gasteiger partial charge in [0, 0.05) is 31.0 Å². The molecule has 20 heavy (non-hydrogen) atoms. The predicted octanol–water partition coefficient (Wildman–Crippen LogP) is 0.868. The minimum Gasteiger partial charge on any atom is -0.392 e. The van der Waals surface area contributed by atoms with Gasteiger partial charge in [0.1, 0.15) is 5.52 Å². The van der Waals surface area contributed by atoms with Crippen LogP contribution in [0, 0.1) is 0 Å². The SMILES string of the molecule is CC(O)C(N)CNc1nccn2nc(C(F)(F)F)cc12. The van der Waals surface area contributed by atoms with Crippen LogP contribution in [-0.2, 0) is 6.18 Å². The van der Waals surface area contributed by atoms with Crippen molar-refractivity contribution in [3.8, 4) is 0 Å². The number of fused-ring (bicyclic) bond motifs is 1. The van der Waals surface area contributed by atoms with Crippen LogP contribution in [0.4, 0.5) is 19.0 Å². The van der Waals surface area contributed by atoms with Crippen LogP contribution in [0.25, 0.3) is 5.52 Å². The van der Waals surface area contributed by atoms with Gasteiger partial charge in [-0.25, -0.2) is 9.50 Å². The molecule has 0 aliphatic rings. The molecule has 0 aromatic carbocycles. The molecule has 0 amide bonds. The largest absolute Gasteiger partial charge is 0.435 e. The van der Waals surface area contributed by atoms with Gasteiger partial charge in [-0.05, 0) is 6.92 Å². The highest BCUT2D eigenvalue weighted by Gasteiger charge is 2.34. The van der Waals surface area contributed by atoms with Gasteiger partial charge in [0.2, 0.25) is 0 Å². The zero-order valence-corrected chi connectivity index (χ0v) is 10.6. The quantitative estimate of drug-likeness (QED) is 0.777. The second-order valence-electron chi connectivity index (χ2n) is 4.42. The number of nitrogens with two attached hydrogens (primary N) is 1. The van der Waals surface area contributed by atoms with Gasteiger partial charge in [-0.2, -0.15) is 18.3 Å². The third kappa shape index (κ3) is 2.99. The van der Waals surface area contributed by atoms with E-state index in [9.17, 15) is 18.3 Å². The second kappa shape index (κ2) is 5.25. The Morgan fingerprint density at radius 1 is 1.50 bits per heavy atom. The van der Waals surface area contributed by atoms with Gasteiger partial charge in [-0.1, -0.05) is 0 Å². The van der Waals surface area contributed by atoms with Gasteiger partial charge in [-0.15, -0.1) is 0 Å². The van der Waals surface area contributed by atoms with E-state index in [4.69, 9.17) is 5.73 Å². The third-order valence-corrected chi connectivity index (χ3v) is 2.81. The molecule has 9 heteroatoms. The summed E-state index contributed by atoms with van der Waals surface area (Å²) in [7, 11) is 0. The molecule has 0 bridgehead atoms. The van der Waals surface area contributed by atoms with Crippen LogP contribution in [0.3, 0.4) is 0 Å². The summed E-state index contributed by atoms with van der Waals surface area (Å²) < 4.78 is 38.9. The first-order valence-electron chi connectivity index (χ1n) is 5.88. The average molecular weight is 289 g/mol. The number of alkyl halides is 3. The average Bonchev–Trinajstić information content (AvgIpc) is 2.79. The molecule has 4 N–H and O–H groups in total. The third-order valence-electron chi connectivity index (χ3n) is 2.81. The van der Waals surface area contributed by atoms with Crippen molar-refractivity contribution in [2.45, 2.75) is 25.2 Å². The Labute approximate surface area is 112 Å². The molecule has 2 unspecified atom stereocenters. The summed E-state index contributed by atoms with van der Waals surface area (Å²) >= 11 is 0. The van der Waals surface area contributed by atoms with E-state index in [-0.39, 0.29) is 17.9 Å². The summed E-state index contributed by atoms with van der Waals surface area (Å²) in [5.74, 6) is 0.228. The van der Waals surface area contributed by atoms with Gasteiger partial charge < -0.3 is 16.2 Å². The first kappa shape index (κ1) is 14.5. The number of aromatic nitrogens is 3. The normalized spacial score (nSPS) is 15.3. The van der Waals surface area contributed by atoms with Crippen LogP contribution in [0.5, 0.6) is 0 Å². The standard InChI is InChI=1S/C11H14F3N5O/c1-6(20)7(15)5-17-10-8-4-9(11(12,13)14)18-19(8)3-2-16-10/h2-4,6-7,20H,5,15H2,1H3,(H,16,17).